The lowest BCUT2D eigenvalue weighted by Crippen LogP contribution is -2.58. The minimum Gasteiger partial charge on any atom is -0.464 e. The molecular weight excluding hydrogens is 564 g/mol. The van der Waals surface area contributed by atoms with Crippen LogP contribution in [0.3, 0.4) is 0 Å². The van der Waals surface area contributed by atoms with Crippen molar-refractivity contribution in [3.05, 3.63) is 35.9 Å². The van der Waals surface area contributed by atoms with Crippen molar-refractivity contribution in [3.8, 4) is 0 Å². The van der Waals surface area contributed by atoms with E-state index < -0.39 is 54.9 Å². The summed E-state index contributed by atoms with van der Waals surface area (Å²) in [5, 5.41) is 2.27. The molecular formula is C32H51F2NO8. The van der Waals surface area contributed by atoms with Crippen molar-refractivity contribution in [2.75, 3.05) is 33.0 Å². The Morgan fingerprint density at radius 3 is 2.26 bits per heavy atom. The van der Waals surface area contributed by atoms with Crippen LogP contribution in [-0.2, 0) is 39.8 Å². The second kappa shape index (κ2) is 20.6. The van der Waals surface area contributed by atoms with Crippen LogP contribution in [0.1, 0.15) is 84.6 Å². The number of hydrogen-bond donors (Lipinski definition) is 1. The first-order valence-corrected chi connectivity index (χ1v) is 15.7. The first-order valence-electron chi connectivity index (χ1n) is 15.7. The normalized spacial score (nSPS) is 21.3. The third kappa shape index (κ3) is 13.5. The molecule has 11 heteroatoms. The average molecular weight is 616 g/mol. The number of rotatable bonds is 21. The Kier molecular flexibility index (Phi) is 17.6. The summed E-state index contributed by atoms with van der Waals surface area (Å²) in [5.41, 5.74) is 0.711. The maximum absolute atomic E-state index is 16.0. The third-order valence-corrected chi connectivity index (χ3v) is 7.10. The van der Waals surface area contributed by atoms with Gasteiger partial charge in [0.25, 0.3) is 5.92 Å². The highest BCUT2D eigenvalue weighted by Crippen LogP contribution is 2.37. The molecule has 43 heavy (non-hydrogen) atoms. The summed E-state index contributed by atoms with van der Waals surface area (Å²) in [6.07, 6.45) is -0.666. The summed E-state index contributed by atoms with van der Waals surface area (Å²) in [6.45, 7) is 8.94. The molecule has 1 aromatic rings. The van der Waals surface area contributed by atoms with Crippen LogP contribution in [0.15, 0.2) is 30.3 Å². The van der Waals surface area contributed by atoms with E-state index in [0.717, 1.165) is 38.5 Å². The molecule has 1 aliphatic heterocycles. The van der Waals surface area contributed by atoms with Crippen LogP contribution in [0.2, 0.25) is 0 Å². The number of alkyl halides is 2. The zero-order chi connectivity index (χ0) is 31.5. The molecule has 0 unspecified atom stereocenters. The van der Waals surface area contributed by atoms with Crippen LogP contribution in [0.4, 0.5) is 13.6 Å². The number of amides is 1. The molecule has 0 aromatic heterocycles. The topological polar surface area (TPSA) is 102 Å². The first kappa shape index (κ1) is 36.8. The Morgan fingerprint density at radius 2 is 1.60 bits per heavy atom. The van der Waals surface area contributed by atoms with E-state index in [-0.39, 0.29) is 26.2 Å². The third-order valence-electron chi connectivity index (χ3n) is 7.10. The highest BCUT2D eigenvalue weighted by molar-refractivity contribution is 5.81. The van der Waals surface area contributed by atoms with Gasteiger partial charge in [0.1, 0.15) is 31.0 Å². The van der Waals surface area contributed by atoms with Crippen LogP contribution in [-0.4, -0.2) is 81.5 Å². The molecule has 246 valence electrons. The summed E-state index contributed by atoms with van der Waals surface area (Å²) in [5.74, 6) is -4.52. The van der Waals surface area contributed by atoms with Gasteiger partial charge in [0, 0.05) is 32.7 Å². The highest BCUT2D eigenvalue weighted by atomic mass is 19.3. The molecule has 1 aliphatic rings. The van der Waals surface area contributed by atoms with Gasteiger partial charge in [0.2, 0.25) is 0 Å². The monoisotopic (exact) mass is 615 g/mol. The van der Waals surface area contributed by atoms with Crippen molar-refractivity contribution in [1.29, 1.82) is 0 Å². The largest absolute Gasteiger partial charge is 0.464 e. The molecule has 1 heterocycles. The number of alkyl carbamates (subject to hydrolysis) is 1. The van der Waals surface area contributed by atoms with Crippen LogP contribution < -0.4 is 5.32 Å². The molecule has 2 rings (SSSR count). The van der Waals surface area contributed by atoms with Gasteiger partial charge < -0.3 is 33.7 Å². The fourth-order valence-electron chi connectivity index (χ4n) is 4.65. The summed E-state index contributed by atoms with van der Waals surface area (Å²) < 4.78 is 66.2. The lowest BCUT2D eigenvalue weighted by molar-refractivity contribution is -0.260. The molecule has 0 saturated carbocycles. The second-order valence-electron chi connectivity index (χ2n) is 10.8. The van der Waals surface area contributed by atoms with Gasteiger partial charge in [-0.2, -0.15) is 0 Å². The predicted octanol–water partition coefficient (Wildman–Crippen LogP) is 6.21. The average Bonchev–Trinajstić information content (AvgIpc) is 2.99. The van der Waals surface area contributed by atoms with Crippen LogP contribution >= 0.6 is 0 Å². The van der Waals surface area contributed by atoms with Gasteiger partial charge in [-0.3, -0.25) is 0 Å². The molecule has 1 saturated heterocycles. The van der Waals surface area contributed by atoms with Crippen molar-refractivity contribution in [2.45, 2.75) is 122 Å². The van der Waals surface area contributed by atoms with E-state index >= 15 is 8.78 Å². The van der Waals surface area contributed by atoms with Crippen molar-refractivity contribution < 1.29 is 46.8 Å². The first-order chi connectivity index (χ1) is 20.7. The molecule has 9 nitrogen and oxygen atoms in total. The lowest BCUT2D eigenvalue weighted by Gasteiger charge is -2.44. The van der Waals surface area contributed by atoms with E-state index in [1.807, 2.05) is 26.8 Å². The van der Waals surface area contributed by atoms with Gasteiger partial charge in [0.05, 0.1) is 19.3 Å². The van der Waals surface area contributed by atoms with Gasteiger partial charge in [-0.1, -0.05) is 70.4 Å². The standard InChI is InChI=1S/C32H51F2NO8/c1-5-9-17-38-23-27-29(41-19-11-7-3)26(40-18-10-6-2)20-28(43-27)32(33,34)21-25(30(36)39-8-4)35-31(37)42-22-24-15-13-12-14-16-24/h12-16,25-29H,5-11,17-23H2,1-4H3,(H,35,37)/t25-,26-,27-,28+,29-/m1/s1. The maximum Gasteiger partial charge on any atom is 0.408 e. The SMILES string of the molecule is CCCCOC[C@H]1O[C@H](C(F)(F)C[C@@H](NC(=O)OCc2ccccc2)C(=O)OCC)C[C@@H](OCCCC)[C@H]1OCCCC. The number of carbonyl (C=O) groups excluding carboxylic acids is 2. The zero-order valence-electron chi connectivity index (χ0n) is 26.2. The quantitative estimate of drug-likeness (QED) is 0.129. The van der Waals surface area contributed by atoms with Crippen molar-refractivity contribution in [2.24, 2.45) is 0 Å². The van der Waals surface area contributed by atoms with Gasteiger partial charge in [0.15, 0.2) is 0 Å². The molecule has 0 spiro atoms. The highest BCUT2D eigenvalue weighted by Gasteiger charge is 2.52. The molecule has 0 aliphatic carbocycles. The van der Waals surface area contributed by atoms with Crippen molar-refractivity contribution in [1.82, 2.24) is 5.32 Å². The Morgan fingerprint density at radius 1 is 0.953 bits per heavy atom. The molecule has 0 radical (unpaired) electrons. The summed E-state index contributed by atoms with van der Waals surface area (Å²) in [4.78, 5) is 25.2. The Bertz CT molecular complexity index is 907. The summed E-state index contributed by atoms with van der Waals surface area (Å²) in [6, 6.07) is 7.24. The number of unbranched alkanes of at least 4 members (excludes halogenated alkanes) is 3. The smallest absolute Gasteiger partial charge is 0.408 e. The number of carbonyl (C=O) groups is 2. The van der Waals surface area contributed by atoms with E-state index in [2.05, 4.69) is 5.32 Å². The molecule has 1 aromatic carbocycles. The van der Waals surface area contributed by atoms with E-state index in [4.69, 9.17) is 28.4 Å². The second-order valence-corrected chi connectivity index (χ2v) is 10.8. The van der Waals surface area contributed by atoms with Crippen LogP contribution in [0.25, 0.3) is 0 Å². The van der Waals surface area contributed by atoms with Gasteiger partial charge in [-0.05, 0) is 31.7 Å². The number of esters is 1. The number of ether oxygens (including phenoxy) is 6. The zero-order valence-corrected chi connectivity index (χ0v) is 26.2. The molecule has 0 bridgehead atoms. The van der Waals surface area contributed by atoms with Gasteiger partial charge in [-0.25, -0.2) is 18.4 Å². The minimum absolute atomic E-state index is 0.0388. The number of hydrogen-bond acceptors (Lipinski definition) is 8. The molecule has 1 N–H and O–H groups in total. The number of benzene rings is 1. The van der Waals surface area contributed by atoms with E-state index in [0.29, 0.717) is 25.4 Å². The van der Waals surface area contributed by atoms with E-state index in [1.165, 1.54) is 0 Å². The summed E-state index contributed by atoms with van der Waals surface area (Å²) in [7, 11) is 0. The van der Waals surface area contributed by atoms with Crippen molar-refractivity contribution >= 4 is 12.1 Å². The Hall–Kier alpha value is -2.34. The minimum atomic E-state index is -3.54. The van der Waals surface area contributed by atoms with Crippen LogP contribution in [0, 0.1) is 0 Å². The molecule has 1 fully saturated rings. The van der Waals surface area contributed by atoms with Crippen molar-refractivity contribution in [3.63, 3.8) is 0 Å². The number of nitrogens with one attached hydrogen (secondary N) is 1. The molecule has 5 atom stereocenters. The lowest BCUT2D eigenvalue weighted by atomic mass is 9.91. The van der Waals surface area contributed by atoms with Gasteiger partial charge in [-0.15, -0.1) is 0 Å². The fourth-order valence-corrected chi connectivity index (χ4v) is 4.65. The summed E-state index contributed by atoms with van der Waals surface area (Å²) >= 11 is 0. The van der Waals surface area contributed by atoms with E-state index in [1.54, 1.807) is 31.2 Å². The maximum atomic E-state index is 16.0. The van der Waals surface area contributed by atoms with E-state index in [9.17, 15) is 9.59 Å². The fraction of sp³-hybridized carbons (Fsp3) is 0.750. The Labute approximate surface area is 255 Å². The predicted molar refractivity (Wildman–Crippen MR) is 158 cm³/mol. The Balaban J connectivity index is 2.20. The number of halogens is 2. The van der Waals surface area contributed by atoms with Gasteiger partial charge >= 0.3 is 12.1 Å². The molecule has 1 amide bonds. The van der Waals surface area contributed by atoms with Crippen LogP contribution in [0.5, 0.6) is 0 Å².